The first-order valence-electron chi connectivity index (χ1n) is 5.38. The molecule has 70 valence electrons. The van der Waals surface area contributed by atoms with Crippen LogP contribution in [0.4, 0.5) is 0 Å². The fourth-order valence-electron chi connectivity index (χ4n) is 2.59. The van der Waals surface area contributed by atoms with Crippen LogP contribution in [0.1, 0.15) is 44.9 Å². The van der Waals surface area contributed by atoms with E-state index in [0.29, 0.717) is 12.1 Å². The summed E-state index contributed by atoms with van der Waals surface area (Å²) in [5.74, 6) is 0. The van der Waals surface area contributed by atoms with E-state index in [2.05, 4.69) is 5.32 Å². The molecule has 0 aromatic heterocycles. The zero-order valence-electron chi connectivity index (χ0n) is 7.76. The van der Waals surface area contributed by atoms with Gasteiger partial charge in [-0.2, -0.15) is 0 Å². The van der Waals surface area contributed by atoms with Gasteiger partial charge in [-0.3, -0.25) is 0 Å². The molecule has 0 radical (unpaired) electrons. The summed E-state index contributed by atoms with van der Waals surface area (Å²) in [6.07, 6.45) is 9.44. The molecule has 0 bridgehead atoms. The topological polar surface area (TPSA) is 38.0 Å². The van der Waals surface area contributed by atoms with Crippen LogP contribution < -0.4 is 11.1 Å². The summed E-state index contributed by atoms with van der Waals surface area (Å²) < 4.78 is 0. The molecule has 0 aliphatic heterocycles. The molecule has 0 aromatic carbocycles. The Morgan fingerprint density at radius 2 is 1.67 bits per heavy atom. The largest absolute Gasteiger partial charge is 0.326 e. The van der Waals surface area contributed by atoms with Gasteiger partial charge in [-0.25, -0.2) is 0 Å². The van der Waals surface area contributed by atoms with E-state index in [1.54, 1.807) is 0 Å². The van der Waals surface area contributed by atoms with Gasteiger partial charge in [-0.05, 0) is 25.7 Å². The van der Waals surface area contributed by atoms with Crippen molar-refractivity contribution < 1.29 is 0 Å². The zero-order valence-corrected chi connectivity index (χ0v) is 7.76. The maximum atomic E-state index is 5.99. The average molecular weight is 168 g/mol. The lowest BCUT2D eigenvalue weighted by Crippen LogP contribution is -2.45. The molecule has 0 unspecified atom stereocenters. The van der Waals surface area contributed by atoms with Crippen molar-refractivity contribution in [2.75, 3.05) is 0 Å². The van der Waals surface area contributed by atoms with Crippen LogP contribution in [0, 0.1) is 0 Å². The quantitative estimate of drug-likeness (QED) is 0.654. The minimum atomic E-state index is 0.436. The van der Waals surface area contributed by atoms with Gasteiger partial charge in [-0.1, -0.05) is 19.3 Å². The summed E-state index contributed by atoms with van der Waals surface area (Å²) in [6.45, 7) is 0. The van der Waals surface area contributed by atoms with E-state index < -0.39 is 0 Å². The Balaban J connectivity index is 1.77. The van der Waals surface area contributed by atoms with Crippen molar-refractivity contribution in [1.29, 1.82) is 0 Å². The van der Waals surface area contributed by atoms with Crippen LogP contribution in [0.25, 0.3) is 0 Å². The third-order valence-corrected chi connectivity index (χ3v) is 3.37. The number of nitrogens with two attached hydrogens (primary N) is 1. The van der Waals surface area contributed by atoms with Crippen LogP contribution in [0.5, 0.6) is 0 Å². The lowest BCUT2D eigenvalue weighted by molar-refractivity contribution is 0.407. The number of rotatable bonds is 2. The highest BCUT2D eigenvalue weighted by molar-refractivity contribution is 4.89. The minimum absolute atomic E-state index is 0.436. The molecule has 0 spiro atoms. The van der Waals surface area contributed by atoms with Crippen molar-refractivity contribution in [2.45, 2.75) is 63.1 Å². The summed E-state index contributed by atoms with van der Waals surface area (Å²) in [6, 6.07) is 1.86. The predicted molar refractivity (Wildman–Crippen MR) is 51.0 cm³/mol. The molecule has 0 saturated heterocycles. The molecule has 0 amide bonds. The SMILES string of the molecule is N[C@@H]1CCC[C@H]1NC1CCCC1. The van der Waals surface area contributed by atoms with Gasteiger partial charge in [0.05, 0.1) is 0 Å². The second-order valence-corrected chi connectivity index (χ2v) is 4.35. The lowest BCUT2D eigenvalue weighted by atomic mass is 10.1. The average Bonchev–Trinajstić information content (AvgIpc) is 2.65. The Kier molecular flexibility index (Phi) is 2.66. The Hall–Kier alpha value is -0.0800. The van der Waals surface area contributed by atoms with Gasteiger partial charge in [0.15, 0.2) is 0 Å². The fraction of sp³-hybridized carbons (Fsp3) is 1.00. The van der Waals surface area contributed by atoms with Crippen molar-refractivity contribution in [2.24, 2.45) is 5.73 Å². The molecule has 2 fully saturated rings. The van der Waals surface area contributed by atoms with Crippen LogP contribution in [-0.2, 0) is 0 Å². The molecule has 0 aromatic rings. The van der Waals surface area contributed by atoms with Crippen LogP contribution in [0.15, 0.2) is 0 Å². The molecule has 12 heavy (non-hydrogen) atoms. The Morgan fingerprint density at radius 3 is 2.25 bits per heavy atom. The molecule has 2 heteroatoms. The maximum Gasteiger partial charge on any atom is 0.0221 e. The fourth-order valence-corrected chi connectivity index (χ4v) is 2.59. The van der Waals surface area contributed by atoms with Crippen LogP contribution in [0.2, 0.25) is 0 Å². The van der Waals surface area contributed by atoms with Crippen LogP contribution in [0.3, 0.4) is 0 Å². The zero-order chi connectivity index (χ0) is 8.39. The second-order valence-electron chi connectivity index (χ2n) is 4.35. The third-order valence-electron chi connectivity index (χ3n) is 3.37. The van der Waals surface area contributed by atoms with Crippen molar-refractivity contribution in [1.82, 2.24) is 5.32 Å². The van der Waals surface area contributed by atoms with E-state index in [9.17, 15) is 0 Å². The first-order chi connectivity index (χ1) is 5.86. The highest BCUT2D eigenvalue weighted by atomic mass is 15.0. The van der Waals surface area contributed by atoms with Crippen molar-refractivity contribution in [3.63, 3.8) is 0 Å². The molecule has 2 rings (SSSR count). The van der Waals surface area contributed by atoms with Gasteiger partial charge in [0.1, 0.15) is 0 Å². The summed E-state index contributed by atoms with van der Waals surface area (Å²) >= 11 is 0. The van der Waals surface area contributed by atoms with Gasteiger partial charge < -0.3 is 11.1 Å². The molecule has 2 nitrogen and oxygen atoms in total. The summed E-state index contributed by atoms with van der Waals surface area (Å²) in [5, 5.41) is 3.70. The van der Waals surface area contributed by atoms with E-state index in [4.69, 9.17) is 5.73 Å². The predicted octanol–water partition coefficient (Wildman–Crippen LogP) is 1.40. The first-order valence-corrected chi connectivity index (χ1v) is 5.38. The Bertz CT molecular complexity index is 141. The minimum Gasteiger partial charge on any atom is -0.326 e. The van der Waals surface area contributed by atoms with Crippen molar-refractivity contribution >= 4 is 0 Å². The van der Waals surface area contributed by atoms with Crippen LogP contribution >= 0.6 is 0 Å². The highest BCUT2D eigenvalue weighted by Crippen LogP contribution is 2.23. The Morgan fingerprint density at radius 1 is 0.917 bits per heavy atom. The van der Waals surface area contributed by atoms with Gasteiger partial charge in [-0.15, -0.1) is 0 Å². The Labute approximate surface area is 74.9 Å². The van der Waals surface area contributed by atoms with Gasteiger partial charge in [0.2, 0.25) is 0 Å². The summed E-state index contributed by atoms with van der Waals surface area (Å²) in [5.41, 5.74) is 5.99. The van der Waals surface area contributed by atoms with Crippen molar-refractivity contribution in [3.8, 4) is 0 Å². The van der Waals surface area contributed by atoms with E-state index in [-0.39, 0.29) is 0 Å². The maximum absolute atomic E-state index is 5.99. The summed E-state index contributed by atoms with van der Waals surface area (Å²) in [7, 11) is 0. The number of hydrogen-bond acceptors (Lipinski definition) is 2. The smallest absolute Gasteiger partial charge is 0.0221 e. The van der Waals surface area contributed by atoms with E-state index in [0.717, 1.165) is 6.04 Å². The molecular formula is C10H20N2. The molecule has 2 aliphatic rings. The normalized spacial score (nSPS) is 37.8. The van der Waals surface area contributed by atoms with E-state index >= 15 is 0 Å². The third kappa shape index (κ3) is 1.80. The molecular weight excluding hydrogens is 148 g/mol. The van der Waals surface area contributed by atoms with E-state index in [1.165, 1.54) is 44.9 Å². The standard InChI is InChI=1S/C10H20N2/c11-9-6-3-7-10(9)12-8-4-1-2-5-8/h8-10,12H,1-7,11H2/t9-,10-/m1/s1. The van der Waals surface area contributed by atoms with Crippen molar-refractivity contribution in [3.05, 3.63) is 0 Å². The number of hydrogen-bond donors (Lipinski definition) is 2. The molecule has 3 N–H and O–H groups in total. The van der Waals surface area contributed by atoms with E-state index in [1.807, 2.05) is 0 Å². The highest BCUT2D eigenvalue weighted by Gasteiger charge is 2.26. The molecule has 0 heterocycles. The lowest BCUT2D eigenvalue weighted by Gasteiger charge is -2.21. The van der Waals surface area contributed by atoms with Crippen LogP contribution in [-0.4, -0.2) is 18.1 Å². The molecule has 2 atom stereocenters. The monoisotopic (exact) mass is 168 g/mol. The molecule has 2 saturated carbocycles. The number of nitrogens with one attached hydrogen (secondary N) is 1. The van der Waals surface area contributed by atoms with Gasteiger partial charge in [0, 0.05) is 18.1 Å². The molecule has 2 aliphatic carbocycles. The summed E-state index contributed by atoms with van der Waals surface area (Å²) in [4.78, 5) is 0. The second kappa shape index (κ2) is 3.75. The van der Waals surface area contributed by atoms with Gasteiger partial charge >= 0.3 is 0 Å². The van der Waals surface area contributed by atoms with Gasteiger partial charge in [0.25, 0.3) is 0 Å². The first kappa shape index (κ1) is 8.52.